The molecule has 0 atom stereocenters. The van der Waals surface area contributed by atoms with Gasteiger partial charge >= 0.3 is 0 Å². The molecule has 170 valence electrons. The molecule has 0 saturated carbocycles. The number of aromatic nitrogens is 5. The number of rotatable bonds is 6. The van der Waals surface area contributed by atoms with Gasteiger partial charge in [-0.1, -0.05) is 48.5 Å². The summed E-state index contributed by atoms with van der Waals surface area (Å²) in [5.41, 5.74) is 4.59. The molecule has 35 heavy (non-hydrogen) atoms. The minimum atomic E-state index is 0.469. The number of benzene rings is 3. The van der Waals surface area contributed by atoms with Crippen molar-refractivity contribution in [3.8, 4) is 16.5 Å². The SMILES string of the molecule is C=C(c1ccc(OCc2ccc3sc(-c4nn[nH]n4)cc3c2)cc1)c1ccc2ccc(Cl)cc2n1. The molecule has 6 nitrogen and oxygen atoms in total. The Labute approximate surface area is 209 Å². The number of aromatic amines is 1. The second-order valence-electron chi connectivity index (χ2n) is 8.04. The highest BCUT2D eigenvalue weighted by atomic mass is 35.5. The summed E-state index contributed by atoms with van der Waals surface area (Å²) in [6.07, 6.45) is 0. The van der Waals surface area contributed by atoms with Crippen LogP contribution in [-0.4, -0.2) is 25.6 Å². The number of pyridine rings is 1. The van der Waals surface area contributed by atoms with Crippen LogP contribution in [0.2, 0.25) is 5.02 Å². The lowest BCUT2D eigenvalue weighted by molar-refractivity contribution is 0.306. The number of hydrogen-bond donors (Lipinski definition) is 1. The van der Waals surface area contributed by atoms with Crippen LogP contribution in [0.1, 0.15) is 16.8 Å². The first-order valence-corrected chi connectivity index (χ1v) is 12.1. The van der Waals surface area contributed by atoms with Crippen molar-refractivity contribution in [1.82, 2.24) is 25.6 Å². The topological polar surface area (TPSA) is 76.6 Å². The quantitative estimate of drug-likeness (QED) is 0.271. The lowest BCUT2D eigenvalue weighted by Crippen LogP contribution is -1.96. The molecule has 0 bridgehead atoms. The highest BCUT2D eigenvalue weighted by molar-refractivity contribution is 7.22. The van der Waals surface area contributed by atoms with E-state index in [4.69, 9.17) is 21.3 Å². The van der Waals surface area contributed by atoms with Crippen LogP contribution >= 0.6 is 22.9 Å². The molecule has 0 aliphatic heterocycles. The van der Waals surface area contributed by atoms with Crippen LogP contribution in [0, 0.1) is 0 Å². The van der Waals surface area contributed by atoms with Crippen molar-refractivity contribution in [3.63, 3.8) is 0 Å². The van der Waals surface area contributed by atoms with E-state index in [1.165, 1.54) is 4.70 Å². The summed E-state index contributed by atoms with van der Waals surface area (Å²) < 4.78 is 7.20. The Morgan fingerprint density at radius 3 is 2.63 bits per heavy atom. The number of thiophene rings is 1. The molecule has 8 heteroatoms. The van der Waals surface area contributed by atoms with E-state index in [1.54, 1.807) is 11.3 Å². The van der Waals surface area contributed by atoms with E-state index >= 15 is 0 Å². The van der Waals surface area contributed by atoms with Crippen LogP contribution in [0.25, 0.3) is 37.3 Å². The zero-order valence-electron chi connectivity index (χ0n) is 18.4. The van der Waals surface area contributed by atoms with Crippen LogP contribution in [-0.2, 0) is 6.61 Å². The highest BCUT2D eigenvalue weighted by Crippen LogP contribution is 2.32. The maximum Gasteiger partial charge on any atom is 0.214 e. The molecule has 0 amide bonds. The Balaban J connectivity index is 1.15. The Kier molecular flexibility index (Phi) is 5.48. The van der Waals surface area contributed by atoms with E-state index in [9.17, 15) is 0 Å². The van der Waals surface area contributed by atoms with Crippen LogP contribution in [0.3, 0.4) is 0 Å². The zero-order valence-corrected chi connectivity index (χ0v) is 20.0. The smallest absolute Gasteiger partial charge is 0.214 e. The number of nitrogens with zero attached hydrogens (tertiary/aromatic N) is 4. The largest absolute Gasteiger partial charge is 0.489 e. The van der Waals surface area contributed by atoms with Crippen molar-refractivity contribution in [3.05, 3.63) is 107 Å². The van der Waals surface area contributed by atoms with Gasteiger partial charge in [0.05, 0.1) is 16.1 Å². The zero-order chi connectivity index (χ0) is 23.8. The fraction of sp³-hybridized carbons (Fsp3) is 0.0370. The van der Waals surface area contributed by atoms with Gasteiger partial charge in [-0.15, -0.1) is 21.5 Å². The number of nitrogens with one attached hydrogen (secondary N) is 1. The summed E-state index contributed by atoms with van der Waals surface area (Å²) in [6, 6.07) is 26.0. The van der Waals surface area contributed by atoms with E-state index in [-0.39, 0.29) is 0 Å². The van der Waals surface area contributed by atoms with Crippen molar-refractivity contribution in [2.45, 2.75) is 6.61 Å². The van der Waals surface area contributed by atoms with Gasteiger partial charge < -0.3 is 4.74 Å². The Hall–Kier alpha value is -4.07. The van der Waals surface area contributed by atoms with Gasteiger partial charge in [0.2, 0.25) is 5.82 Å². The Morgan fingerprint density at radius 1 is 0.943 bits per heavy atom. The number of fused-ring (bicyclic) bond motifs is 2. The molecular weight excluding hydrogens is 478 g/mol. The first kappa shape index (κ1) is 21.5. The van der Waals surface area contributed by atoms with E-state index in [0.29, 0.717) is 17.5 Å². The van der Waals surface area contributed by atoms with E-state index < -0.39 is 0 Å². The predicted molar refractivity (Wildman–Crippen MR) is 141 cm³/mol. The van der Waals surface area contributed by atoms with Crippen molar-refractivity contribution in [2.75, 3.05) is 0 Å². The second-order valence-corrected chi connectivity index (χ2v) is 9.56. The molecule has 0 aliphatic carbocycles. The molecule has 0 radical (unpaired) electrons. The van der Waals surface area contributed by atoms with Crippen molar-refractivity contribution < 1.29 is 4.74 Å². The molecule has 3 aromatic carbocycles. The molecule has 6 aromatic rings. The molecule has 6 rings (SSSR count). The van der Waals surface area contributed by atoms with Gasteiger partial charge in [-0.3, -0.25) is 0 Å². The van der Waals surface area contributed by atoms with Crippen molar-refractivity contribution >= 4 is 49.5 Å². The summed E-state index contributed by atoms with van der Waals surface area (Å²) in [6.45, 7) is 4.72. The Bertz CT molecular complexity index is 1680. The molecule has 3 heterocycles. The lowest BCUT2D eigenvalue weighted by atomic mass is 10.0. The third-order valence-corrected chi connectivity index (χ3v) is 7.07. The minimum Gasteiger partial charge on any atom is -0.489 e. The van der Waals surface area contributed by atoms with Gasteiger partial charge in [0, 0.05) is 20.7 Å². The molecule has 0 saturated heterocycles. The number of tetrazole rings is 1. The molecule has 0 spiro atoms. The predicted octanol–water partition coefficient (Wildman–Crippen LogP) is 6.92. The number of halogens is 1. The summed E-state index contributed by atoms with van der Waals surface area (Å²) in [7, 11) is 0. The summed E-state index contributed by atoms with van der Waals surface area (Å²) in [4.78, 5) is 5.70. The Morgan fingerprint density at radius 2 is 1.80 bits per heavy atom. The molecule has 0 fully saturated rings. The third kappa shape index (κ3) is 4.39. The fourth-order valence-electron chi connectivity index (χ4n) is 3.88. The first-order chi connectivity index (χ1) is 17.1. The highest BCUT2D eigenvalue weighted by Gasteiger charge is 2.10. The molecule has 3 aromatic heterocycles. The molecule has 0 unspecified atom stereocenters. The van der Waals surface area contributed by atoms with Gasteiger partial charge in [0.15, 0.2) is 0 Å². The summed E-state index contributed by atoms with van der Waals surface area (Å²) in [5.74, 6) is 1.39. The molecule has 1 N–H and O–H groups in total. The van der Waals surface area contributed by atoms with E-state index in [0.717, 1.165) is 49.3 Å². The van der Waals surface area contributed by atoms with Crippen molar-refractivity contribution in [2.24, 2.45) is 0 Å². The second kappa shape index (κ2) is 8.94. The monoisotopic (exact) mass is 495 g/mol. The normalized spacial score (nSPS) is 11.2. The van der Waals surface area contributed by atoms with Gasteiger partial charge in [-0.2, -0.15) is 5.21 Å². The average Bonchev–Trinajstić information content (AvgIpc) is 3.56. The summed E-state index contributed by atoms with van der Waals surface area (Å²) >= 11 is 7.76. The average molecular weight is 496 g/mol. The molecular formula is C27H18ClN5OS. The van der Waals surface area contributed by atoms with Crippen LogP contribution < -0.4 is 4.74 Å². The van der Waals surface area contributed by atoms with Crippen LogP contribution in [0.4, 0.5) is 0 Å². The van der Waals surface area contributed by atoms with Crippen LogP contribution in [0.5, 0.6) is 5.75 Å². The maximum atomic E-state index is 6.13. The summed E-state index contributed by atoms with van der Waals surface area (Å²) in [5, 5.41) is 17.1. The maximum absolute atomic E-state index is 6.13. The first-order valence-electron chi connectivity index (χ1n) is 10.9. The number of H-pyrrole nitrogens is 1. The fourth-order valence-corrected chi connectivity index (χ4v) is 5.02. The standard InChI is InChI=1S/C27H18ClN5OS/c1-16(23-10-6-19-3-7-21(28)14-24(19)29-23)18-4-8-22(9-5-18)34-15-17-2-11-25-20(12-17)13-26(35-25)27-30-32-33-31-27/h2-14H,1,15H2,(H,30,31,32,33). The van der Waals surface area contributed by atoms with Gasteiger partial charge in [-0.25, -0.2) is 4.98 Å². The van der Waals surface area contributed by atoms with E-state index in [2.05, 4.69) is 51.5 Å². The number of ether oxygens (including phenoxy) is 1. The van der Waals surface area contributed by atoms with E-state index in [1.807, 2.05) is 54.6 Å². The third-order valence-electron chi connectivity index (χ3n) is 5.72. The van der Waals surface area contributed by atoms with Gasteiger partial charge in [0.1, 0.15) is 12.4 Å². The van der Waals surface area contributed by atoms with Gasteiger partial charge in [-0.05, 0) is 70.3 Å². The lowest BCUT2D eigenvalue weighted by Gasteiger charge is -2.10. The van der Waals surface area contributed by atoms with Crippen LogP contribution in [0.15, 0.2) is 85.4 Å². The molecule has 0 aliphatic rings. The van der Waals surface area contributed by atoms with Gasteiger partial charge in [0.25, 0.3) is 0 Å². The van der Waals surface area contributed by atoms with Crippen molar-refractivity contribution in [1.29, 1.82) is 0 Å². The minimum absolute atomic E-state index is 0.469. The number of hydrogen-bond acceptors (Lipinski definition) is 6.